The number of carboxylic acids is 2. The molecule has 0 spiro atoms. The Morgan fingerprint density at radius 1 is 1.05 bits per heavy atom. The zero-order valence-electron chi connectivity index (χ0n) is 10.2. The van der Waals surface area contributed by atoms with E-state index in [9.17, 15) is 19.2 Å². The number of aliphatic carboxylic acids is 2. The molecule has 0 aliphatic rings. The molecule has 0 fully saturated rings. The van der Waals surface area contributed by atoms with Crippen LogP contribution in [0.5, 0.6) is 0 Å². The van der Waals surface area contributed by atoms with Crippen LogP contribution in [0, 0.1) is 0 Å². The lowest BCUT2D eigenvalue weighted by Crippen LogP contribution is -2.48. The number of primary amides is 1. The van der Waals surface area contributed by atoms with Gasteiger partial charge in [-0.05, 0) is 12.8 Å². The maximum absolute atomic E-state index is 11.5. The van der Waals surface area contributed by atoms with Gasteiger partial charge in [-0.2, -0.15) is 0 Å². The van der Waals surface area contributed by atoms with Crippen LogP contribution >= 0.6 is 0 Å². The summed E-state index contributed by atoms with van der Waals surface area (Å²) in [6.07, 6.45) is -0.749. The van der Waals surface area contributed by atoms with Crippen LogP contribution in [0.2, 0.25) is 0 Å². The van der Waals surface area contributed by atoms with Crippen molar-refractivity contribution in [1.29, 1.82) is 0 Å². The quantitative estimate of drug-likeness (QED) is 0.324. The second-order valence-electron chi connectivity index (χ2n) is 3.94. The molecule has 2 amide bonds. The Bertz CT molecular complexity index is 370. The second kappa shape index (κ2) is 8.03. The van der Waals surface area contributed by atoms with Crippen molar-refractivity contribution >= 4 is 23.8 Å². The topological polar surface area (TPSA) is 173 Å². The Balaban J connectivity index is 4.33. The Morgan fingerprint density at radius 3 is 2.05 bits per heavy atom. The number of carbonyl (C=O) groups excluding carboxylic acids is 2. The third kappa shape index (κ3) is 7.71. The molecule has 0 aromatic rings. The first kappa shape index (κ1) is 16.8. The fraction of sp³-hybridized carbons (Fsp3) is 0.600. The molecule has 0 bridgehead atoms. The molecule has 0 aliphatic heterocycles. The van der Waals surface area contributed by atoms with Crippen LogP contribution in [-0.2, 0) is 19.2 Å². The van der Waals surface area contributed by atoms with Crippen molar-refractivity contribution in [1.82, 2.24) is 5.32 Å². The zero-order valence-corrected chi connectivity index (χ0v) is 10.2. The summed E-state index contributed by atoms with van der Waals surface area (Å²) in [4.78, 5) is 43.2. The highest BCUT2D eigenvalue weighted by atomic mass is 16.4. The van der Waals surface area contributed by atoms with E-state index >= 15 is 0 Å². The second-order valence-corrected chi connectivity index (χ2v) is 3.94. The molecular weight excluding hydrogens is 258 g/mol. The Labute approximate surface area is 108 Å². The van der Waals surface area contributed by atoms with Crippen LogP contribution in [0.25, 0.3) is 0 Å². The molecule has 0 aromatic carbocycles. The van der Waals surface area contributed by atoms with Gasteiger partial charge in [-0.1, -0.05) is 0 Å². The smallest absolute Gasteiger partial charge is 0.326 e. The van der Waals surface area contributed by atoms with Gasteiger partial charge in [0, 0.05) is 12.8 Å². The summed E-state index contributed by atoms with van der Waals surface area (Å²) in [5.41, 5.74) is 10.3. The van der Waals surface area contributed by atoms with Gasteiger partial charge in [-0.15, -0.1) is 0 Å². The minimum atomic E-state index is -1.32. The number of amides is 2. The molecule has 0 heterocycles. The molecule has 0 radical (unpaired) electrons. The molecule has 9 nitrogen and oxygen atoms in total. The van der Waals surface area contributed by atoms with Gasteiger partial charge in [0.15, 0.2) is 0 Å². The Morgan fingerprint density at radius 2 is 1.63 bits per heavy atom. The highest BCUT2D eigenvalue weighted by Crippen LogP contribution is 2.00. The van der Waals surface area contributed by atoms with E-state index in [-0.39, 0.29) is 25.7 Å². The maximum atomic E-state index is 11.5. The maximum Gasteiger partial charge on any atom is 0.326 e. The summed E-state index contributed by atoms with van der Waals surface area (Å²) < 4.78 is 0. The lowest BCUT2D eigenvalue weighted by atomic mass is 10.1. The first-order chi connectivity index (χ1) is 8.73. The van der Waals surface area contributed by atoms with Gasteiger partial charge in [0.1, 0.15) is 6.04 Å². The summed E-state index contributed by atoms with van der Waals surface area (Å²) in [6, 6.07) is -2.40. The largest absolute Gasteiger partial charge is 0.481 e. The van der Waals surface area contributed by atoms with E-state index in [4.69, 9.17) is 21.7 Å². The molecule has 0 aromatic heterocycles. The van der Waals surface area contributed by atoms with Crippen LogP contribution in [0.1, 0.15) is 25.7 Å². The first-order valence-corrected chi connectivity index (χ1v) is 5.53. The molecule has 0 rings (SSSR count). The molecule has 2 atom stereocenters. The average molecular weight is 275 g/mol. The number of nitrogens with two attached hydrogens (primary N) is 2. The van der Waals surface area contributed by atoms with Gasteiger partial charge < -0.3 is 27.0 Å². The van der Waals surface area contributed by atoms with Crippen LogP contribution in [0.3, 0.4) is 0 Å². The van der Waals surface area contributed by atoms with Gasteiger partial charge in [0.25, 0.3) is 0 Å². The van der Waals surface area contributed by atoms with Crippen LogP contribution in [-0.4, -0.2) is 46.0 Å². The summed E-state index contributed by atoms with van der Waals surface area (Å²) in [7, 11) is 0. The Kier molecular flexibility index (Phi) is 7.12. The van der Waals surface area contributed by atoms with Crippen molar-refractivity contribution in [3.05, 3.63) is 0 Å². The van der Waals surface area contributed by atoms with Crippen LogP contribution < -0.4 is 16.8 Å². The number of carboxylic acid groups (broad SMARTS) is 2. The van der Waals surface area contributed by atoms with Crippen LogP contribution in [0.15, 0.2) is 0 Å². The van der Waals surface area contributed by atoms with Crippen molar-refractivity contribution in [2.45, 2.75) is 37.8 Å². The van der Waals surface area contributed by atoms with Crippen molar-refractivity contribution in [3.8, 4) is 0 Å². The first-order valence-electron chi connectivity index (χ1n) is 5.53. The number of hydrogen-bond donors (Lipinski definition) is 5. The van der Waals surface area contributed by atoms with E-state index in [0.717, 1.165) is 0 Å². The summed E-state index contributed by atoms with van der Waals surface area (Å²) in [5.74, 6) is -3.89. The minimum absolute atomic E-state index is 0.108. The lowest BCUT2D eigenvalue weighted by Gasteiger charge is -2.16. The SMILES string of the molecule is NC(=O)CC[C@H](NC(=O)[C@@H](N)CCC(=O)O)C(=O)O. The van der Waals surface area contributed by atoms with Crippen molar-refractivity contribution in [2.75, 3.05) is 0 Å². The molecule has 9 heteroatoms. The summed E-state index contributed by atoms with van der Waals surface area (Å²) >= 11 is 0. The zero-order chi connectivity index (χ0) is 15.0. The van der Waals surface area contributed by atoms with E-state index in [0.29, 0.717) is 0 Å². The molecule has 0 saturated carbocycles. The van der Waals surface area contributed by atoms with Gasteiger partial charge in [-0.3, -0.25) is 14.4 Å². The third-order valence-electron chi connectivity index (χ3n) is 2.30. The van der Waals surface area contributed by atoms with Crippen molar-refractivity contribution in [2.24, 2.45) is 11.5 Å². The molecule has 108 valence electrons. The number of hydrogen-bond acceptors (Lipinski definition) is 5. The molecule has 0 unspecified atom stereocenters. The standard InChI is InChI=1S/C10H17N3O6/c11-5(1-4-8(15)16)9(17)13-6(10(18)19)2-3-7(12)14/h5-6H,1-4,11H2,(H2,12,14)(H,13,17)(H,15,16)(H,18,19)/t5-,6-/m0/s1. The monoisotopic (exact) mass is 275 g/mol. The van der Waals surface area contributed by atoms with E-state index in [1.54, 1.807) is 0 Å². The molecule has 7 N–H and O–H groups in total. The highest BCUT2D eigenvalue weighted by Gasteiger charge is 2.23. The molecule has 19 heavy (non-hydrogen) atoms. The lowest BCUT2D eigenvalue weighted by molar-refractivity contribution is -0.142. The fourth-order valence-electron chi connectivity index (χ4n) is 1.23. The van der Waals surface area contributed by atoms with E-state index < -0.39 is 35.8 Å². The van der Waals surface area contributed by atoms with E-state index in [1.807, 2.05) is 0 Å². The number of rotatable bonds is 9. The Hall–Kier alpha value is -2.16. The molecule has 0 saturated heterocycles. The number of carbonyl (C=O) groups is 4. The molecule has 0 aliphatic carbocycles. The van der Waals surface area contributed by atoms with Gasteiger partial charge >= 0.3 is 11.9 Å². The average Bonchev–Trinajstić information content (AvgIpc) is 2.30. The van der Waals surface area contributed by atoms with E-state index in [2.05, 4.69) is 5.32 Å². The summed E-state index contributed by atoms with van der Waals surface area (Å²) in [6.45, 7) is 0. The van der Waals surface area contributed by atoms with Gasteiger partial charge in [-0.25, -0.2) is 4.79 Å². The summed E-state index contributed by atoms with van der Waals surface area (Å²) in [5, 5.41) is 19.4. The minimum Gasteiger partial charge on any atom is -0.481 e. The van der Waals surface area contributed by atoms with Gasteiger partial charge in [0.2, 0.25) is 11.8 Å². The van der Waals surface area contributed by atoms with Crippen molar-refractivity contribution < 1.29 is 29.4 Å². The number of nitrogens with one attached hydrogen (secondary N) is 1. The van der Waals surface area contributed by atoms with E-state index in [1.165, 1.54) is 0 Å². The van der Waals surface area contributed by atoms with Gasteiger partial charge in [0.05, 0.1) is 6.04 Å². The fourth-order valence-corrected chi connectivity index (χ4v) is 1.23. The normalized spacial score (nSPS) is 13.3. The molecular formula is C10H17N3O6. The highest BCUT2D eigenvalue weighted by molar-refractivity contribution is 5.87. The predicted octanol–water partition coefficient (Wildman–Crippen LogP) is -1.99. The van der Waals surface area contributed by atoms with Crippen molar-refractivity contribution in [3.63, 3.8) is 0 Å². The van der Waals surface area contributed by atoms with Crippen LogP contribution in [0.4, 0.5) is 0 Å². The third-order valence-corrected chi connectivity index (χ3v) is 2.30. The predicted molar refractivity (Wildman–Crippen MR) is 62.8 cm³/mol.